The number of nitrogens with zero attached hydrogens (tertiary/aromatic N) is 6. The van der Waals surface area contributed by atoms with Crippen molar-refractivity contribution >= 4 is 18.0 Å². The standard InChI is InChI=1S/C31H34F6N6O4/c1-3-24-11-25(17-43(24)28(46)47-18-29(26(44)45)6-4-5-7-29)42(27-38-12-20(13-39-27)21-14-40-41(2)16-21)15-19-8-22(30(32,33)34)10-23(9-19)31(35,36)37/h8-10,12-14,16,24-25H,3-7,11,15,17-18H2,1-2H3,(H,44,45). The quantitative estimate of drug-likeness (QED) is 0.255. The van der Waals surface area contributed by atoms with Crippen LogP contribution in [0.25, 0.3) is 11.1 Å². The maximum Gasteiger partial charge on any atom is 0.416 e. The first kappa shape index (κ1) is 34.0. The van der Waals surface area contributed by atoms with Gasteiger partial charge in [0.2, 0.25) is 5.95 Å². The summed E-state index contributed by atoms with van der Waals surface area (Å²) in [4.78, 5) is 37.0. The van der Waals surface area contributed by atoms with E-state index in [0.29, 0.717) is 55.4 Å². The highest BCUT2D eigenvalue weighted by Crippen LogP contribution is 2.40. The van der Waals surface area contributed by atoms with E-state index in [9.17, 15) is 41.0 Å². The minimum Gasteiger partial charge on any atom is -0.481 e. The van der Waals surface area contributed by atoms with Crippen molar-refractivity contribution in [3.05, 3.63) is 59.7 Å². The number of carboxylic acids is 1. The van der Waals surface area contributed by atoms with Crippen LogP contribution in [0.4, 0.5) is 37.1 Å². The average molecular weight is 669 g/mol. The third-order valence-electron chi connectivity index (χ3n) is 8.96. The van der Waals surface area contributed by atoms with Crippen molar-refractivity contribution < 1.29 is 45.8 Å². The van der Waals surface area contributed by atoms with E-state index >= 15 is 0 Å². The molecule has 1 aromatic carbocycles. The van der Waals surface area contributed by atoms with E-state index in [4.69, 9.17) is 4.74 Å². The van der Waals surface area contributed by atoms with Crippen molar-refractivity contribution in [3.8, 4) is 11.1 Å². The highest BCUT2D eigenvalue weighted by molar-refractivity contribution is 5.76. The van der Waals surface area contributed by atoms with E-state index < -0.39 is 59.6 Å². The molecule has 2 fully saturated rings. The van der Waals surface area contributed by atoms with Crippen molar-refractivity contribution in [2.45, 2.75) is 76.4 Å². The Hall–Kier alpha value is -4.37. The maximum atomic E-state index is 13.7. The van der Waals surface area contributed by atoms with Gasteiger partial charge in [-0.1, -0.05) is 19.8 Å². The number of carboxylic acid groups (broad SMARTS) is 1. The van der Waals surface area contributed by atoms with Crippen LogP contribution in [0.2, 0.25) is 0 Å². The van der Waals surface area contributed by atoms with E-state index in [-0.39, 0.29) is 37.2 Å². The van der Waals surface area contributed by atoms with Gasteiger partial charge in [0.15, 0.2) is 0 Å². The van der Waals surface area contributed by atoms with E-state index in [2.05, 4.69) is 15.1 Å². The number of benzene rings is 1. The lowest BCUT2D eigenvalue weighted by atomic mass is 9.87. The van der Waals surface area contributed by atoms with Gasteiger partial charge >= 0.3 is 24.4 Å². The molecule has 47 heavy (non-hydrogen) atoms. The van der Waals surface area contributed by atoms with Gasteiger partial charge in [-0.3, -0.25) is 9.48 Å². The van der Waals surface area contributed by atoms with Crippen LogP contribution in [0.1, 0.15) is 62.1 Å². The second-order valence-electron chi connectivity index (χ2n) is 12.2. The van der Waals surface area contributed by atoms with Crippen LogP contribution in [0.5, 0.6) is 0 Å². The highest BCUT2D eigenvalue weighted by Gasteiger charge is 2.45. The predicted molar refractivity (Wildman–Crippen MR) is 156 cm³/mol. The summed E-state index contributed by atoms with van der Waals surface area (Å²) in [7, 11) is 1.72. The van der Waals surface area contributed by atoms with Gasteiger partial charge in [0.1, 0.15) is 12.0 Å². The van der Waals surface area contributed by atoms with Crippen LogP contribution in [0.3, 0.4) is 0 Å². The Morgan fingerprint density at radius 3 is 2.13 bits per heavy atom. The first-order valence-electron chi connectivity index (χ1n) is 15.1. The third kappa shape index (κ3) is 7.46. The molecule has 0 bridgehead atoms. The summed E-state index contributed by atoms with van der Waals surface area (Å²) >= 11 is 0. The number of aromatic nitrogens is 4. The molecule has 10 nitrogen and oxygen atoms in total. The lowest BCUT2D eigenvalue weighted by molar-refractivity contribution is -0.151. The fraction of sp³-hybridized carbons (Fsp3) is 0.516. The van der Waals surface area contributed by atoms with E-state index in [1.807, 2.05) is 6.92 Å². The largest absolute Gasteiger partial charge is 0.481 e. The first-order chi connectivity index (χ1) is 22.1. The van der Waals surface area contributed by atoms with E-state index in [1.165, 1.54) is 22.2 Å². The molecular formula is C31H34F6N6O4. The first-order valence-corrected chi connectivity index (χ1v) is 15.1. The summed E-state index contributed by atoms with van der Waals surface area (Å²) < 4.78 is 89.3. The highest BCUT2D eigenvalue weighted by atomic mass is 19.4. The minimum absolute atomic E-state index is 0.00375. The summed E-state index contributed by atoms with van der Waals surface area (Å²) in [5, 5.41) is 13.9. The number of hydrogen-bond acceptors (Lipinski definition) is 7. The van der Waals surface area contributed by atoms with Crippen LogP contribution in [-0.4, -0.2) is 67.1 Å². The maximum absolute atomic E-state index is 13.7. The van der Waals surface area contributed by atoms with Crippen molar-refractivity contribution in [2.24, 2.45) is 12.5 Å². The number of amides is 1. The number of carbonyl (C=O) groups excluding carboxylic acids is 1. The number of ether oxygens (including phenoxy) is 1. The predicted octanol–water partition coefficient (Wildman–Crippen LogP) is 6.56. The second-order valence-corrected chi connectivity index (χ2v) is 12.2. The Labute approximate surface area is 266 Å². The van der Waals surface area contributed by atoms with Gasteiger partial charge < -0.3 is 19.6 Å². The second kappa shape index (κ2) is 13.0. The molecule has 2 unspecified atom stereocenters. The molecule has 1 aliphatic carbocycles. The average Bonchev–Trinajstić information content (AvgIpc) is 3.78. The summed E-state index contributed by atoms with van der Waals surface area (Å²) in [5.74, 6) is -0.999. The molecule has 1 amide bonds. The normalized spacial score (nSPS) is 19.6. The number of hydrogen-bond donors (Lipinski definition) is 1. The molecule has 1 saturated carbocycles. The molecule has 1 aliphatic heterocycles. The number of likely N-dealkylation sites (tertiary alicyclic amines) is 1. The smallest absolute Gasteiger partial charge is 0.416 e. The number of halogens is 6. The monoisotopic (exact) mass is 668 g/mol. The molecule has 1 saturated heterocycles. The SMILES string of the molecule is CCC1CC(N(Cc2cc(C(F)(F)F)cc(C(F)(F)F)c2)c2ncc(-c3cnn(C)c3)cn2)CN1C(=O)OCC1(C(=O)O)CCCC1. The molecule has 0 radical (unpaired) electrons. The molecule has 5 rings (SSSR count). The summed E-state index contributed by atoms with van der Waals surface area (Å²) in [6, 6.07) is 0.373. The molecular weight excluding hydrogens is 634 g/mol. The van der Waals surface area contributed by atoms with Crippen LogP contribution in [0.15, 0.2) is 43.0 Å². The molecule has 2 aliphatic rings. The number of rotatable bonds is 9. The molecule has 2 aromatic heterocycles. The zero-order valence-corrected chi connectivity index (χ0v) is 25.7. The third-order valence-corrected chi connectivity index (χ3v) is 8.96. The molecule has 3 aromatic rings. The summed E-state index contributed by atoms with van der Waals surface area (Å²) in [5.41, 5.74) is -3.05. The molecule has 1 N–H and O–H groups in total. The van der Waals surface area contributed by atoms with Gasteiger partial charge in [0, 0.05) is 55.9 Å². The van der Waals surface area contributed by atoms with Crippen LogP contribution < -0.4 is 4.90 Å². The van der Waals surface area contributed by atoms with Gasteiger partial charge in [0.25, 0.3) is 0 Å². The van der Waals surface area contributed by atoms with Gasteiger partial charge in [0.05, 0.1) is 23.4 Å². The van der Waals surface area contributed by atoms with Crippen molar-refractivity contribution in [3.63, 3.8) is 0 Å². The van der Waals surface area contributed by atoms with Crippen molar-refractivity contribution in [1.82, 2.24) is 24.6 Å². The van der Waals surface area contributed by atoms with Crippen molar-refractivity contribution in [2.75, 3.05) is 18.1 Å². The van der Waals surface area contributed by atoms with Gasteiger partial charge in [-0.05, 0) is 49.4 Å². The van der Waals surface area contributed by atoms with Gasteiger partial charge in [-0.2, -0.15) is 31.4 Å². The molecule has 2 atom stereocenters. The number of aryl methyl sites for hydroxylation is 1. The number of anilines is 1. The fourth-order valence-corrected chi connectivity index (χ4v) is 6.34. The molecule has 3 heterocycles. The Bertz CT molecular complexity index is 1550. The Morgan fingerprint density at radius 2 is 1.62 bits per heavy atom. The zero-order chi connectivity index (χ0) is 34.1. The topological polar surface area (TPSA) is 114 Å². The van der Waals surface area contributed by atoms with E-state index in [1.54, 1.807) is 24.1 Å². The number of carbonyl (C=O) groups is 2. The van der Waals surface area contributed by atoms with Gasteiger partial charge in [-0.25, -0.2) is 14.8 Å². The Kier molecular flexibility index (Phi) is 9.42. The molecule has 16 heteroatoms. The Morgan fingerprint density at radius 1 is 1.00 bits per heavy atom. The van der Waals surface area contributed by atoms with Crippen LogP contribution in [0, 0.1) is 5.41 Å². The zero-order valence-electron chi connectivity index (χ0n) is 25.7. The molecule has 254 valence electrons. The van der Waals surface area contributed by atoms with Gasteiger partial charge in [-0.15, -0.1) is 0 Å². The van der Waals surface area contributed by atoms with Crippen LogP contribution in [-0.2, 0) is 35.5 Å². The minimum atomic E-state index is -5.03. The summed E-state index contributed by atoms with van der Waals surface area (Å²) in [6.45, 7) is 1.10. The summed E-state index contributed by atoms with van der Waals surface area (Å²) in [6.07, 6.45) is -1.62. The fourth-order valence-electron chi connectivity index (χ4n) is 6.34. The number of aliphatic carboxylic acids is 1. The van der Waals surface area contributed by atoms with Crippen LogP contribution >= 0.6 is 0 Å². The lowest BCUT2D eigenvalue weighted by Gasteiger charge is -2.30. The van der Waals surface area contributed by atoms with E-state index in [0.717, 1.165) is 0 Å². The van der Waals surface area contributed by atoms with Crippen molar-refractivity contribution in [1.29, 1.82) is 0 Å². The number of alkyl halides is 6. The molecule has 0 spiro atoms. The Balaban J connectivity index is 1.46. The lowest BCUT2D eigenvalue weighted by Crippen LogP contribution is -2.42.